The van der Waals surface area contributed by atoms with Crippen LogP contribution in [0.4, 0.5) is 17.6 Å². The van der Waals surface area contributed by atoms with Gasteiger partial charge < -0.3 is 4.40 Å². The highest BCUT2D eigenvalue weighted by atomic mass is 32.2. The fourth-order valence-electron chi connectivity index (χ4n) is 3.34. The van der Waals surface area contributed by atoms with Gasteiger partial charge in [0.2, 0.25) is 9.84 Å². The number of nitrogens with zero attached hydrogens (tertiary/aromatic N) is 2. The molecule has 2 aromatic carbocycles. The first-order valence-electron chi connectivity index (χ1n) is 9.72. The van der Waals surface area contributed by atoms with Crippen molar-refractivity contribution in [3.8, 4) is 0 Å². The van der Waals surface area contributed by atoms with Crippen LogP contribution in [0.25, 0.3) is 5.65 Å². The number of halogens is 4. The Kier molecular flexibility index (Phi) is 5.79. The van der Waals surface area contributed by atoms with Gasteiger partial charge in [0, 0.05) is 30.6 Å². The van der Waals surface area contributed by atoms with Gasteiger partial charge in [-0.25, -0.2) is 17.8 Å². The minimum absolute atomic E-state index is 0.103. The van der Waals surface area contributed by atoms with Crippen molar-refractivity contribution in [2.45, 2.75) is 28.8 Å². The number of fused-ring (bicyclic) bond motifs is 1. The molecule has 0 saturated heterocycles. The highest BCUT2D eigenvalue weighted by molar-refractivity contribution is 7.91. The normalized spacial score (nSPS) is 12.2. The van der Waals surface area contributed by atoms with Crippen molar-refractivity contribution in [2.75, 3.05) is 0 Å². The summed E-state index contributed by atoms with van der Waals surface area (Å²) in [6.07, 6.45) is 0.766. The van der Waals surface area contributed by atoms with Gasteiger partial charge in [0.15, 0.2) is 5.78 Å². The summed E-state index contributed by atoms with van der Waals surface area (Å²) >= 11 is 0. The van der Waals surface area contributed by atoms with Crippen molar-refractivity contribution in [2.24, 2.45) is 0 Å². The van der Waals surface area contributed by atoms with Crippen LogP contribution in [0.3, 0.4) is 0 Å². The Morgan fingerprint density at radius 1 is 1.00 bits per heavy atom. The number of benzene rings is 2. The molecule has 0 fully saturated rings. The molecule has 0 N–H and O–H groups in total. The smallest absolute Gasteiger partial charge is 0.306 e. The highest BCUT2D eigenvalue weighted by Gasteiger charge is 2.32. The summed E-state index contributed by atoms with van der Waals surface area (Å²) in [4.78, 5) is 15.5. The molecule has 0 atom stereocenters. The highest BCUT2D eigenvalue weighted by Crippen LogP contribution is 2.32. The number of carbonyl (C=O) groups is 1. The SMILES string of the molecule is O=C(CCc1ccc(S(=O)(=O)c2ccc(C(F)(F)F)cc2F)cc1)c1ccc2nccn2c1. The predicted octanol–water partition coefficient (Wildman–Crippen LogP) is 5.14. The zero-order valence-electron chi connectivity index (χ0n) is 16.9. The fourth-order valence-corrected chi connectivity index (χ4v) is 4.66. The molecule has 10 heteroatoms. The van der Waals surface area contributed by atoms with Gasteiger partial charge in [-0.15, -0.1) is 0 Å². The zero-order chi connectivity index (χ0) is 23.8. The van der Waals surface area contributed by atoms with Gasteiger partial charge in [-0.1, -0.05) is 12.1 Å². The molecule has 5 nitrogen and oxygen atoms in total. The molecule has 0 radical (unpaired) electrons. The summed E-state index contributed by atoms with van der Waals surface area (Å²) in [5, 5.41) is 0. The number of imidazole rings is 1. The van der Waals surface area contributed by atoms with Gasteiger partial charge in [-0.05, 0) is 54.4 Å². The molecule has 0 aliphatic heterocycles. The third kappa shape index (κ3) is 4.65. The van der Waals surface area contributed by atoms with E-state index < -0.39 is 32.3 Å². The molecule has 0 saturated carbocycles. The molecule has 0 aliphatic rings. The maximum absolute atomic E-state index is 14.2. The molecule has 0 unspecified atom stereocenters. The third-order valence-corrected chi connectivity index (χ3v) is 6.94. The lowest BCUT2D eigenvalue weighted by Crippen LogP contribution is -2.09. The number of Topliss-reactive ketones (excluding diaryl/α,β-unsaturated/α-hetero) is 1. The molecule has 4 rings (SSSR count). The maximum Gasteiger partial charge on any atom is 0.416 e. The van der Waals surface area contributed by atoms with E-state index in [-0.39, 0.29) is 23.2 Å². The van der Waals surface area contributed by atoms with Gasteiger partial charge in [-0.2, -0.15) is 13.2 Å². The van der Waals surface area contributed by atoms with E-state index in [1.807, 2.05) is 0 Å². The molecule has 0 spiro atoms. The number of hydrogen-bond acceptors (Lipinski definition) is 4. The van der Waals surface area contributed by atoms with Gasteiger partial charge in [0.25, 0.3) is 0 Å². The fraction of sp³-hybridized carbons (Fsp3) is 0.130. The van der Waals surface area contributed by atoms with E-state index in [2.05, 4.69) is 4.98 Å². The van der Waals surface area contributed by atoms with E-state index in [1.165, 1.54) is 24.3 Å². The lowest BCUT2D eigenvalue weighted by Gasteiger charge is -2.10. The molecule has 4 aromatic rings. The Morgan fingerprint density at radius 2 is 1.73 bits per heavy atom. The van der Waals surface area contributed by atoms with E-state index in [0.29, 0.717) is 35.3 Å². The summed E-state index contributed by atoms with van der Waals surface area (Å²) < 4.78 is 79.4. The van der Waals surface area contributed by atoms with Gasteiger partial charge in [0.05, 0.1) is 10.5 Å². The zero-order valence-corrected chi connectivity index (χ0v) is 17.7. The van der Waals surface area contributed by atoms with E-state index in [1.54, 1.807) is 35.1 Å². The minimum Gasteiger partial charge on any atom is -0.306 e. The molecule has 0 bridgehead atoms. The van der Waals surface area contributed by atoms with Crippen LogP contribution < -0.4 is 0 Å². The molecule has 0 aliphatic carbocycles. The predicted molar refractivity (Wildman–Crippen MR) is 111 cm³/mol. The summed E-state index contributed by atoms with van der Waals surface area (Å²) in [6, 6.07) is 10.2. The largest absolute Gasteiger partial charge is 0.416 e. The topological polar surface area (TPSA) is 68.5 Å². The first-order valence-corrected chi connectivity index (χ1v) is 11.2. The lowest BCUT2D eigenvalue weighted by atomic mass is 10.0. The summed E-state index contributed by atoms with van der Waals surface area (Å²) in [5.74, 6) is -1.58. The second kappa shape index (κ2) is 8.43. The monoisotopic (exact) mass is 476 g/mol. The molecule has 33 heavy (non-hydrogen) atoms. The average Bonchev–Trinajstić information content (AvgIpc) is 3.25. The van der Waals surface area contributed by atoms with Gasteiger partial charge >= 0.3 is 6.18 Å². The molecule has 2 heterocycles. The standard InChI is InChI=1S/C23H16F4N2O3S/c24-19-13-17(23(25,26)27)5-9-21(19)33(31,32)18-6-1-15(2-7-18)3-8-20(30)16-4-10-22-28-11-12-29(22)14-16/h1-2,4-7,9-14H,3,8H2. The third-order valence-electron chi connectivity index (χ3n) is 5.13. The Balaban J connectivity index is 1.47. The Bertz CT molecular complexity index is 1440. The lowest BCUT2D eigenvalue weighted by molar-refractivity contribution is -0.137. The van der Waals surface area contributed by atoms with Crippen LogP contribution in [-0.4, -0.2) is 23.6 Å². The van der Waals surface area contributed by atoms with Gasteiger partial charge in [-0.3, -0.25) is 4.79 Å². The number of aryl methyl sites for hydroxylation is 1. The van der Waals surface area contributed by atoms with E-state index in [0.717, 1.165) is 0 Å². The number of sulfone groups is 1. The molecule has 2 aromatic heterocycles. The van der Waals surface area contributed by atoms with Crippen molar-refractivity contribution in [1.29, 1.82) is 0 Å². The minimum atomic E-state index is -4.78. The van der Waals surface area contributed by atoms with Crippen molar-refractivity contribution in [3.63, 3.8) is 0 Å². The maximum atomic E-state index is 14.2. The number of aromatic nitrogens is 2. The Hall–Kier alpha value is -3.53. The number of pyridine rings is 1. The van der Waals surface area contributed by atoms with Crippen LogP contribution in [0.15, 0.2) is 83.0 Å². The molecular formula is C23H16F4N2O3S. The van der Waals surface area contributed by atoms with E-state index in [4.69, 9.17) is 0 Å². The summed E-state index contributed by atoms with van der Waals surface area (Å²) in [6.45, 7) is 0. The van der Waals surface area contributed by atoms with Crippen molar-refractivity contribution < 1.29 is 30.8 Å². The van der Waals surface area contributed by atoms with Gasteiger partial charge in [0.1, 0.15) is 16.4 Å². The quantitative estimate of drug-likeness (QED) is 0.286. The molecule has 170 valence electrons. The van der Waals surface area contributed by atoms with Crippen LogP contribution in [0.2, 0.25) is 0 Å². The van der Waals surface area contributed by atoms with Crippen molar-refractivity contribution in [1.82, 2.24) is 9.38 Å². The van der Waals surface area contributed by atoms with E-state index in [9.17, 15) is 30.8 Å². The van der Waals surface area contributed by atoms with Crippen LogP contribution >= 0.6 is 0 Å². The van der Waals surface area contributed by atoms with E-state index >= 15 is 0 Å². The summed E-state index contributed by atoms with van der Waals surface area (Å²) in [5.41, 5.74) is 0.635. The first-order chi connectivity index (χ1) is 15.6. The Morgan fingerprint density at radius 3 is 2.39 bits per heavy atom. The molecular weight excluding hydrogens is 460 g/mol. The first kappa shape index (κ1) is 22.7. The van der Waals surface area contributed by atoms with Crippen LogP contribution in [0.5, 0.6) is 0 Å². The number of hydrogen-bond donors (Lipinski definition) is 0. The second-order valence-electron chi connectivity index (χ2n) is 7.32. The Labute approximate surface area is 186 Å². The van der Waals surface area contributed by atoms with Crippen molar-refractivity contribution >= 4 is 21.3 Å². The summed E-state index contributed by atoms with van der Waals surface area (Å²) in [7, 11) is -4.36. The number of alkyl halides is 3. The second-order valence-corrected chi connectivity index (χ2v) is 9.24. The number of ketones is 1. The average molecular weight is 476 g/mol. The van der Waals surface area contributed by atoms with Crippen LogP contribution in [0, 0.1) is 5.82 Å². The molecule has 0 amide bonds. The number of rotatable bonds is 6. The van der Waals surface area contributed by atoms with Crippen LogP contribution in [0.1, 0.15) is 27.9 Å². The van der Waals surface area contributed by atoms with Crippen LogP contribution in [-0.2, 0) is 22.4 Å². The van der Waals surface area contributed by atoms with Crippen molar-refractivity contribution in [3.05, 3.63) is 95.7 Å². The number of carbonyl (C=O) groups excluding carboxylic acids is 1.